The van der Waals surface area contributed by atoms with Gasteiger partial charge in [0.05, 0.1) is 11.3 Å². The van der Waals surface area contributed by atoms with Gasteiger partial charge in [0.1, 0.15) is 23.9 Å². The first-order chi connectivity index (χ1) is 14.2. The van der Waals surface area contributed by atoms with E-state index >= 15 is 0 Å². The van der Waals surface area contributed by atoms with Crippen molar-refractivity contribution in [3.63, 3.8) is 0 Å². The molecule has 0 bridgehead atoms. The normalized spacial score (nSPS) is 13.6. The lowest BCUT2D eigenvalue weighted by Crippen LogP contribution is -2.49. The van der Waals surface area contributed by atoms with E-state index in [1.54, 1.807) is 47.6 Å². The largest absolute Gasteiger partial charge is 0.339 e. The number of piperazine rings is 1. The van der Waals surface area contributed by atoms with Gasteiger partial charge in [-0.3, -0.25) is 4.79 Å². The first-order valence-electron chi connectivity index (χ1n) is 9.14. The molecule has 0 unspecified atom stereocenters. The zero-order valence-corrected chi connectivity index (χ0v) is 15.6. The second-order valence-corrected chi connectivity index (χ2v) is 6.40. The zero-order chi connectivity index (χ0) is 20.1. The number of para-hydroxylation sites is 1. The fraction of sp³-hybridized carbons (Fsp3) is 0.200. The van der Waals surface area contributed by atoms with Crippen LogP contribution in [-0.2, 0) is 0 Å². The molecule has 2 aromatic heterocycles. The predicted molar refractivity (Wildman–Crippen MR) is 107 cm³/mol. The Morgan fingerprint density at radius 2 is 1.76 bits per heavy atom. The zero-order valence-electron chi connectivity index (χ0n) is 15.6. The quantitative estimate of drug-likeness (QED) is 0.723. The highest BCUT2D eigenvalue weighted by atomic mass is 16.2. The van der Waals surface area contributed by atoms with Crippen molar-refractivity contribution >= 4 is 23.4 Å². The fourth-order valence-electron chi connectivity index (χ4n) is 3.10. The maximum atomic E-state index is 12.9. The standard InChI is InChI=1S/C20H18N8O/c21-13-15-4-1-2-5-16(15)26-18-12-17(24-14-25-18)19(29)27-8-10-28(11-9-27)20-22-6-3-7-23-20/h1-7,12,14H,8-11H2,(H,24,25,26). The first-order valence-corrected chi connectivity index (χ1v) is 9.14. The van der Waals surface area contributed by atoms with Gasteiger partial charge < -0.3 is 15.1 Å². The number of anilines is 3. The van der Waals surface area contributed by atoms with E-state index in [0.717, 1.165) is 0 Å². The number of nitrogens with zero attached hydrogens (tertiary/aromatic N) is 7. The third-order valence-corrected chi connectivity index (χ3v) is 4.60. The molecular weight excluding hydrogens is 368 g/mol. The minimum atomic E-state index is -0.155. The Morgan fingerprint density at radius 3 is 2.52 bits per heavy atom. The molecule has 3 heterocycles. The van der Waals surface area contributed by atoms with Crippen LogP contribution in [0, 0.1) is 11.3 Å². The molecule has 1 saturated heterocycles. The molecule has 9 heteroatoms. The van der Waals surface area contributed by atoms with Gasteiger partial charge in [-0.1, -0.05) is 12.1 Å². The molecule has 1 N–H and O–H groups in total. The van der Waals surface area contributed by atoms with Crippen LogP contribution in [-0.4, -0.2) is 56.9 Å². The summed E-state index contributed by atoms with van der Waals surface area (Å²) in [5.41, 5.74) is 1.43. The van der Waals surface area contributed by atoms with Crippen molar-refractivity contribution in [1.29, 1.82) is 5.26 Å². The monoisotopic (exact) mass is 386 g/mol. The van der Waals surface area contributed by atoms with Crippen LogP contribution in [0.4, 0.5) is 17.5 Å². The Morgan fingerprint density at radius 1 is 1.00 bits per heavy atom. The van der Waals surface area contributed by atoms with Gasteiger partial charge in [0.2, 0.25) is 5.95 Å². The number of nitrogens with one attached hydrogen (secondary N) is 1. The van der Waals surface area contributed by atoms with Crippen LogP contribution in [0.25, 0.3) is 0 Å². The van der Waals surface area contributed by atoms with Gasteiger partial charge in [-0.15, -0.1) is 0 Å². The predicted octanol–water partition coefficient (Wildman–Crippen LogP) is 1.84. The summed E-state index contributed by atoms with van der Waals surface area (Å²) < 4.78 is 0. The summed E-state index contributed by atoms with van der Waals surface area (Å²) in [5.74, 6) is 0.976. The molecule has 0 radical (unpaired) electrons. The summed E-state index contributed by atoms with van der Waals surface area (Å²) >= 11 is 0. The van der Waals surface area contributed by atoms with E-state index in [1.165, 1.54) is 6.33 Å². The van der Waals surface area contributed by atoms with Crippen molar-refractivity contribution in [2.75, 3.05) is 36.4 Å². The third-order valence-electron chi connectivity index (χ3n) is 4.60. The molecule has 1 aliphatic rings. The molecule has 29 heavy (non-hydrogen) atoms. The fourth-order valence-corrected chi connectivity index (χ4v) is 3.10. The third kappa shape index (κ3) is 4.11. The molecule has 9 nitrogen and oxygen atoms in total. The number of aromatic nitrogens is 4. The number of carbonyl (C=O) groups excluding carboxylic acids is 1. The maximum absolute atomic E-state index is 12.9. The average molecular weight is 386 g/mol. The number of hydrogen-bond donors (Lipinski definition) is 1. The Bertz CT molecular complexity index is 1040. The lowest BCUT2D eigenvalue weighted by Gasteiger charge is -2.34. The minimum Gasteiger partial charge on any atom is -0.339 e. The average Bonchev–Trinajstić information content (AvgIpc) is 2.80. The van der Waals surface area contributed by atoms with Crippen molar-refractivity contribution in [3.8, 4) is 6.07 Å². The summed E-state index contributed by atoms with van der Waals surface area (Å²) in [7, 11) is 0. The van der Waals surface area contributed by atoms with E-state index in [2.05, 4.69) is 36.2 Å². The van der Waals surface area contributed by atoms with E-state index in [9.17, 15) is 10.1 Å². The van der Waals surface area contributed by atoms with Gasteiger partial charge in [0, 0.05) is 44.6 Å². The van der Waals surface area contributed by atoms with Gasteiger partial charge in [-0.25, -0.2) is 19.9 Å². The van der Waals surface area contributed by atoms with Gasteiger partial charge in [-0.05, 0) is 18.2 Å². The molecule has 3 aromatic rings. The van der Waals surface area contributed by atoms with Gasteiger partial charge in [-0.2, -0.15) is 5.26 Å². The first kappa shape index (κ1) is 18.3. The molecular formula is C20H18N8O. The van der Waals surface area contributed by atoms with Crippen molar-refractivity contribution < 1.29 is 4.79 Å². The summed E-state index contributed by atoms with van der Waals surface area (Å²) in [6.07, 6.45) is 4.76. The number of amides is 1. The van der Waals surface area contributed by atoms with Crippen LogP contribution in [0.2, 0.25) is 0 Å². The lowest BCUT2D eigenvalue weighted by atomic mass is 10.2. The number of rotatable bonds is 4. The summed E-state index contributed by atoms with van der Waals surface area (Å²) in [6.45, 7) is 2.42. The minimum absolute atomic E-state index is 0.155. The lowest BCUT2D eigenvalue weighted by molar-refractivity contribution is 0.0740. The van der Waals surface area contributed by atoms with Crippen molar-refractivity contribution in [2.45, 2.75) is 0 Å². The number of benzene rings is 1. The Hall–Kier alpha value is -4.06. The maximum Gasteiger partial charge on any atom is 0.272 e. The molecule has 1 aliphatic heterocycles. The summed E-state index contributed by atoms with van der Waals surface area (Å²) in [5, 5.41) is 12.3. The Balaban J connectivity index is 1.43. The molecule has 4 rings (SSSR count). The highest BCUT2D eigenvalue weighted by molar-refractivity contribution is 5.93. The summed E-state index contributed by atoms with van der Waals surface area (Å²) in [6, 6.07) is 12.6. The highest BCUT2D eigenvalue weighted by Crippen LogP contribution is 2.19. The highest BCUT2D eigenvalue weighted by Gasteiger charge is 2.24. The second-order valence-electron chi connectivity index (χ2n) is 6.40. The van der Waals surface area contributed by atoms with Crippen LogP contribution in [0.15, 0.2) is 55.1 Å². The molecule has 0 aliphatic carbocycles. The smallest absolute Gasteiger partial charge is 0.272 e. The van der Waals surface area contributed by atoms with Gasteiger partial charge in [0.15, 0.2) is 0 Å². The van der Waals surface area contributed by atoms with E-state index < -0.39 is 0 Å². The molecule has 1 amide bonds. The Kier molecular flexibility index (Phi) is 5.25. The van der Waals surface area contributed by atoms with Crippen LogP contribution >= 0.6 is 0 Å². The SMILES string of the molecule is N#Cc1ccccc1Nc1cc(C(=O)N2CCN(c3ncccn3)CC2)ncn1. The Labute approximate surface area is 167 Å². The van der Waals surface area contributed by atoms with Crippen LogP contribution in [0.5, 0.6) is 0 Å². The number of nitriles is 1. The second kappa shape index (κ2) is 8.31. The number of carbonyl (C=O) groups is 1. The molecule has 0 saturated carbocycles. The molecule has 1 fully saturated rings. The van der Waals surface area contributed by atoms with Gasteiger partial charge >= 0.3 is 0 Å². The van der Waals surface area contributed by atoms with E-state index in [-0.39, 0.29) is 5.91 Å². The topological polar surface area (TPSA) is 111 Å². The van der Waals surface area contributed by atoms with E-state index in [0.29, 0.717) is 54.9 Å². The molecule has 144 valence electrons. The van der Waals surface area contributed by atoms with Gasteiger partial charge in [0.25, 0.3) is 5.91 Å². The van der Waals surface area contributed by atoms with E-state index in [4.69, 9.17) is 0 Å². The van der Waals surface area contributed by atoms with Crippen LogP contribution in [0.3, 0.4) is 0 Å². The summed E-state index contributed by atoms with van der Waals surface area (Å²) in [4.78, 5) is 33.5. The van der Waals surface area contributed by atoms with Crippen molar-refractivity contribution in [3.05, 3.63) is 66.4 Å². The van der Waals surface area contributed by atoms with Crippen molar-refractivity contribution in [1.82, 2.24) is 24.8 Å². The van der Waals surface area contributed by atoms with E-state index in [1.807, 2.05) is 6.07 Å². The molecule has 1 aromatic carbocycles. The number of hydrogen-bond acceptors (Lipinski definition) is 8. The van der Waals surface area contributed by atoms with Crippen LogP contribution < -0.4 is 10.2 Å². The van der Waals surface area contributed by atoms with Crippen molar-refractivity contribution in [2.24, 2.45) is 0 Å². The van der Waals surface area contributed by atoms with Crippen LogP contribution in [0.1, 0.15) is 16.1 Å². The molecule has 0 atom stereocenters. The molecule has 0 spiro atoms.